The fourth-order valence-electron chi connectivity index (χ4n) is 3.08. The monoisotopic (exact) mass is 342 g/mol. The van der Waals surface area contributed by atoms with E-state index in [2.05, 4.69) is 20.7 Å². The number of benzene rings is 1. The van der Waals surface area contributed by atoms with Gasteiger partial charge >= 0.3 is 6.03 Å². The maximum atomic E-state index is 12.8. The molecule has 1 aromatic heterocycles. The number of nitrogens with one attached hydrogen (secondary N) is 2. The van der Waals surface area contributed by atoms with E-state index in [1.54, 1.807) is 11.1 Å². The van der Waals surface area contributed by atoms with Crippen LogP contribution in [0, 0.1) is 0 Å². The predicted molar refractivity (Wildman–Crippen MR) is 93.2 cm³/mol. The van der Waals surface area contributed by atoms with Gasteiger partial charge in [-0.25, -0.2) is 20.6 Å². The molecule has 1 aliphatic rings. The normalized spacial score (nSPS) is 16.2. The average Bonchev–Trinajstić information content (AvgIpc) is 2.90. The smallest absolute Gasteiger partial charge is 0.319 e. The molecule has 132 valence electrons. The van der Waals surface area contributed by atoms with Crippen molar-refractivity contribution in [1.82, 2.24) is 20.2 Å². The van der Waals surface area contributed by atoms with Crippen LogP contribution in [0.15, 0.2) is 36.5 Å². The number of anilines is 1. The summed E-state index contributed by atoms with van der Waals surface area (Å²) in [6.07, 6.45) is 1.69. The van der Waals surface area contributed by atoms with Gasteiger partial charge in [0.15, 0.2) is 0 Å². The third-order valence-electron chi connectivity index (χ3n) is 4.57. The Morgan fingerprint density at radius 3 is 2.76 bits per heavy atom. The molecule has 2 amide bonds. The van der Waals surface area contributed by atoms with E-state index in [9.17, 15) is 9.90 Å². The lowest BCUT2D eigenvalue weighted by Gasteiger charge is -2.33. The number of rotatable bonds is 4. The zero-order valence-electron chi connectivity index (χ0n) is 14.2. The summed E-state index contributed by atoms with van der Waals surface area (Å²) in [5.41, 5.74) is 4.33. The molecule has 0 saturated carbocycles. The SMILES string of the molecule is CC1(C)c2cnc(NN)nc2CN1C(=O)N[C@H](CO)c1ccccc1. The standard InChI is InChI=1S/C17H22N6O2/c1-17(2)12-8-19-15(22-18)20-13(12)9-23(17)16(25)21-14(10-24)11-6-4-3-5-7-11/h3-8,14,24H,9-10,18H2,1-2H3,(H,21,25)(H,19,20,22)/t14-/m1/s1. The van der Waals surface area contributed by atoms with Gasteiger partial charge in [0.25, 0.3) is 0 Å². The molecule has 1 aliphatic heterocycles. The summed E-state index contributed by atoms with van der Waals surface area (Å²) in [5.74, 6) is 5.67. The fraction of sp³-hybridized carbons (Fsp3) is 0.353. The Morgan fingerprint density at radius 2 is 2.12 bits per heavy atom. The number of hydrogen-bond acceptors (Lipinski definition) is 6. The first-order valence-corrected chi connectivity index (χ1v) is 8.04. The van der Waals surface area contributed by atoms with Gasteiger partial charge in [0.05, 0.1) is 30.4 Å². The Balaban J connectivity index is 1.81. The van der Waals surface area contributed by atoms with E-state index in [0.717, 1.165) is 16.8 Å². The summed E-state index contributed by atoms with van der Waals surface area (Å²) in [6, 6.07) is 8.63. The van der Waals surface area contributed by atoms with Crippen molar-refractivity contribution in [3.63, 3.8) is 0 Å². The molecular formula is C17H22N6O2. The number of urea groups is 1. The number of nitrogens with two attached hydrogens (primary N) is 1. The minimum Gasteiger partial charge on any atom is -0.394 e. The number of aromatic nitrogens is 2. The van der Waals surface area contributed by atoms with Crippen molar-refractivity contribution >= 4 is 12.0 Å². The zero-order valence-corrected chi connectivity index (χ0v) is 14.2. The van der Waals surface area contributed by atoms with Crippen molar-refractivity contribution in [3.05, 3.63) is 53.3 Å². The minimum absolute atomic E-state index is 0.183. The molecular weight excluding hydrogens is 320 g/mol. The lowest BCUT2D eigenvalue weighted by molar-refractivity contribution is 0.136. The molecule has 0 fully saturated rings. The maximum absolute atomic E-state index is 12.8. The van der Waals surface area contributed by atoms with E-state index in [1.165, 1.54) is 0 Å². The fourth-order valence-corrected chi connectivity index (χ4v) is 3.08. The molecule has 0 spiro atoms. The Bertz CT molecular complexity index is 765. The van der Waals surface area contributed by atoms with Crippen molar-refractivity contribution in [3.8, 4) is 0 Å². The summed E-state index contributed by atoms with van der Waals surface area (Å²) in [6.45, 7) is 4.04. The van der Waals surface area contributed by atoms with E-state index in [-0.39, 0.29) is 12.6 Å². The number of aliphatic hydroxyl groups excluding tert-OH is 1. The molecule has 0 bridgehead atoms. The van der Waals surface area contributed by atoms with E-state index < -0.39 is 11.6 Å². The van der Waals surface area contributed by atoms with Gasteiger partial charge < -0.3 is 15.3 Å². The van der Waals surface area contributed by atoms with Gasteiger partial charge in [-0.2, -0.15) is 0 Å². The molecule has 3 rings (SSSR count). The zero-order chi connectivity index (χ0) is 18.0. The van der Waals surface area contributed by atoms with Gasteiger partial charge in [-0.3, -0.25) is 5.43 Å². The third-order valence-corrected chi connectivity index (χ3v) is 4.57. The first-order valence-electron chi connectivity index (χ1n) is 8.04. The van der Waals surface area contributed by atoms with Crippen LogP contribution in [0.4, 0.5) is 10.7 Å². The van der Waals surface area contributed by atoms with Crippen LogP contribution < -0.4 is 16.6 Å². The van der Waals surface area contributed by atoms with E-state index in [4.69, 9.17) is 5.84 Å². The van der Waals surface area contributed by atoms with Gasteiger partial charge in [0, 0.05) is 11.8 Å². The number of hydrogen-bond donors (Lipinski definition) is 4. The average molecular weight is 342 g/mol. The Kier molecular flexibility index (Phi) is 4.56. The molecule has 25 heavy (non-hydrogen) atoms. The topological polar surface area (TPSA) is 116 Å². The summed E-state index contributed by atoms with van der Waals surface area (Å²) in [7, 11) is 0. The van der Waals surface area contributed by atoms with Crippen LogP contribution in [0.25, 0.3) is 0 Å². The van der Waals surface area contributed by atoms with Crippen LogP contribution in [0.3, 0.4) is 0 Å². The van der Waals surface area contributed by atoms with Gasteiger partial charge in [0.1, 0.15) is 0 Å². The van der Waals surface area contributed by atoms with Crippen LogP contribution in [0.5, 0.6) is 0 Å². The van der Waals surface area contributed by atoms with Crippen LogP contribution in [-0.2, 0) is 12.1 Å². The van der Waals surface area contributed by atoms with Gasteiger partial charge in [-0.1, -0.05) is 30.3 Å². The molecule has 8 nitrogen and oxygen atoms in total. The second kappa shape index (κ2) is 6.66. The lowest BCUT2D eigenvalue weighted by Crippen LogP contribution is -2.47. The Morgan fingerprint density at radius 1 is 1.40 bits per heavy atom. The second-order valence-electron chi connectivity index (χ2n) is 6.44. The molecule has 0 aliphatic carbocycles. The third kappa shape index (κ3) is 3.13. The number of nitrogens with zero attached hydrogens (tertiary/aromatic N) is 3. The van der Waals surface area contributed by atoms with E-state index in [1.807, 2.05) is 44.2 Å². The predicted octanol–water partition coefficient (Wildman–Crippen LogP) is 1.26. The number of carbonyl (C=O) groups excluding carboxylic acids is 1. The quantitative estimate of drug-likeness (QED) is 0.491. The highest BCUT2D eigenvalue weighted by Gasteiger charge is 2.42. The van der Waals surface area contributed by atoms with E-state index >= 15 is 0 Å². The molecule has 8 heteroatoms. The van der Waals surface area contributed by atoms with Gasteiger partial charge in [-0.15, -0.1) is 0 Å². The molecule has 0 saturated heterocycles. The summed E-state index contributed by atoms with van der Waals surface area (Å²) < 4.78 is 0. The van der Waals surface area contributed by atoms with Crippen LogP contribution in [0.2, 0.25) is 0 Å². The number of amides is 2. The number of carbonyl (C=O) groups is 1. The Labute approximate surface area is 146 Å². The first kappa shape index (κ1) is 17.1. The molecule has 2 aromatic rings. The molecule has 1 aromatic carbocycles. The van der Waals surface area contributed by atoms with Gasteiger partial charge in [-0.05, 0) is 19.4 Å². The van der Waals surface area contributed by atoms with Crippen molar-refractivity contribution < 1.29 is 9.90 Å². The summed E-state index contributed by atoms with van der Waals surface area (Å²) >= 11 is 0. The highest BCUT2D eigenvalue weighted by Crippen LogP contribution is 2.37. The second-order valence-corrected chi connectivity index (χ2v) is 6.44. The largest absolute Gasteiger partial charge is 0.394 e. The van der Waals surface area contributed by atoms with Crippen molar-refractivity contribution in [2.75, 3.05) is 12.0 Å². The van der Waals surface area contributed by atoms with Crippen molar-refractivity contribution in [2.45, 2.75) is 32.0 Å². The van der Waals surface area contributed by atoms with Crippen molar-refractivity contribution in [1.29, 1.82) is 0 Å². The molecule has 0 unspecified atom stereocenters. The first-order chi connectivity index (χ1) is 12.0. The minimum atomic E-state index is -0.566. The highest BCUT2D eigenvalue weighted by atomic mass is 16.3. The highest BCUT2D eigenvalue weighted by molar-refractivity contribution is 5.77. The van der Waals surface area contributed by atoms with E-state index in [0.29, 0.717) is 12.5 Å². The maximum Gasteiger partial charge on any atom is 0.319 e. The van der Waals surface area contributed by atoms with Crippen molar-refractivity contribution in [2.24, 2.45) is 5.84 Å². The summed E-state index contributed by atoms with van der Waals surface area (Å²) in [5, 5.41) is 12.6. The van der Waals surface area contributed by atoms with Crippen LogP contribution in [0.1, 0.15) is 36.7 Å². The number of nitrogen functional groups attached to an aromatic ring is 1. The molecule has 1 atom stereocenters. The lowest BCUT2D eigenvalue weighted by atomic mass is 9.97. The van der Waals surface area contributed by atoms with Crippen LogP contribution in [-0.4, -0.2) is 32.6 Å². The molecule has 2 heterocycles. The molecule has 0 radical (unpaired) electrons. The molecule has 5 N–H and O–H groups in total. The van der Waals surface area contributed by atoms with Crippen LogP contribution >= 0.6 is 0 Å². The number of aliphatic hydroxyl groups is 1. The van der Waals surface area contributed by atoms with Gasteiger partial charge in [0.2, 0.25) is 5.95 Å². The Hall–Kier alpha value is -2.71. The number of fused-ring (bicyclic) bond motifs is 1. The number of hydrazine groups is 1. The summed E-state index contributed by atoms with van der Waals surface area (Å²) in [4.78, 5) is 23.0.